The second-order valence-electron chi connectivity index (χ2n) is 3.97. The summed E-state index contributed by atoms with van der Waals surface area (Å²) in [6.45, 7) is 5.82. The Balaban J connectivity index is 2.66. The van der Waals surface area contributed by atoms with Gasteiger partial charge in [0.1, 0.15) is 0 Å². The van der Waals surface area contributed by atoms with Crippen molar-refractivity contribution >= 4 is 34.0 Å². The molecule has 1 N–H and O–H groups in total. The molecule has 0 aliphatic rings. The standard InChI is InChI=1S/C10H15ClN2OS/c1-4-10(2,3)8(14)13-9-12-7(5-11)6-15-9/h6H,4-5H2,1-3H3,(H,12,13,14). The molecule has 5 heteroatoms. The van der Waals surface area contributed by atoms with Gasteiger partial charge >= 0.3 is 0 Å². The number of thiazole rings is 1. The molecule has 0 aromatic carbocycles. The predicted octanol–water partition coefficient (Wildman–Crippen LogP) is 3.26. The van der Waals surface area contributed by atoms with Crippen molar-refractivity contribution < 1.29 is 4.79 Å². The van der Waals surface area contributed by atoms with Crippen LogP contribution in [0.15, 0.2) is 5.38 Å². The molecular formula is C10H15ClN2OS. The van der Waals surface area contributed by atoms with Gasteiger partial charge in [0.2, 0.25) is 5.91 Å². The van der Waals surface area contributed by atoms with Gasteiger partial charge in [0.05, 0.1) is 11.6 Å². The van der Waals surface area contributed by atoms with Gasteiger partial charge in [-0.05, 0) is 6.42 Å². The summed E-state index contributed by atoms with van der Waals surface area (Å²) >= 11 is 7.03. The fraction of sp³-hybridized carbons (Fsp3) is 0.600. The van der Waals surface area contributed by atoms with E-state index in [2.05, 4.69) is 10.3 Å². The number of carbonyl (C=O) groups excluding carboxylic acids is 1. The number of rotatable bonds is 4. The van der Waals surface area contributed by atoms with Gasteiger partial charge in [-0.25, -0.2) is 4.98 Å². The minimum Gasteiger partial charge on any atom is -0.302 e. The fourth-order valence-corrected chi connectivity index (χ4v) is 1.79. The largest absolute Gasteiger partial charge is 0.302 e. The van der Waals surface area contributed by atoms with E-state index in [1.165, 1.54) is 11.3 Å². The number of nitrogens with one attached hydrogen (secondary N) is 1. The molecule has 0 radical (unpaired) electrons. The van der Waals surface area contributed by atoms with Gasteiger partial charge in [-0.15, -0.1) is 22.9 Å². The van der Waals surface area contributed by atoms with Crippen molar-refractivity contribution in [2.24, 2.45) is 5.41 Å². The first-order valence-electron chi connectivity index (χ1n) is 4.81. The van der Waals surface area contributed by atoms with Gasteiger partial charge in [-0.2, -0.15) is 0 Å². The first-order valence-corrected chi connectivity index (χ1v) is 6.23. The van der Waals surface area contributed by atoms with E-state index < -0.39 is 0 Å². The summed E-state index contributed by atoms with van der Waals surface area (Å²) in [7, 11) is 0. The lowest BCUT2D eigenvalue weighted by atomic mass is 9.89. The van der Waals surface area contributed by atoms with Crippen molar-refractivity contribution in [3.05, 3.63) is 11.1 Å². The third-order valence-corrected chi connectivity index (χ3v) is 3.49. The third-order valence-electron chi connectivity index (χ3n) is 2.41. The van der Waals surface area contributed by atoms with Crippen LogP contribution in [0.3, 0.4) is 0 Å². The lowest BCUT2D eigenvalue weighted by Crippen LogP contribution is -2.29. The Labute approximate surface area is 98.9 Å². The smallest absolute Gasteiger partial charge is 0.231 e. The van der Waals surface area contributed by atoms with Crippen LogP contribution in [-0.2, 0) is 10.7 Å². The highest BCUT2D eigenvalue weighted by Crippen LogP contribution is 2.24. The number of alkyl halides is 1. The van der Waals surface area contributed by atoms with E-state index in [-0.39, 0.29) is 11.3 Å². The van der Waals surface area contributed by atoms with Crippen LogP contribution in [0.5, 0.6) is 0 Å². The maximum absolute atomic E-state index is 11.8. The lowest BCUT2D eigenvalue weighted by molar-refractivity contribution is -0.124. The SMILES string of the molecule is CCC(C)(C)C(=O)Nc1nc(CCl)cs1. The number of carbonyl (C=O) groups is 1. The van der Waals surface area contributed by atoms with E-state index in [1.807, 2.05) is 26.2 Å². The van der Waals surface area contributed by atoms with Crippen LogP contribution in [0.25, 0.3) is 0 Å². The van der Waals surface area contributed by atoms with Crippen LogP contribution in [0.2, 0.25) is 0 Å². The van der Waals surface area contributed by atoms with Crippen LogP contribution in [0.4, 0.5) is 5.13 Å². The summed E-state index contributed by atoms with van der Waals surface area (Å²) in [5.41, 5.74) is 0.443. The summed E-state index contributed by atoms with van der Waals surface area (Å²) in [6.07, 6.45) is 0.798. The molecule has 0 atom stereocenters. The topological polar surface area (TPSA) is 42.0 Å². The molecule has 0 bridgehead atoms. The molecule has 0 saturated heterocycles. The van der Waals surface area contributed by atoms with Gasteiger partial charge < -0.3 is 5.32 Å². The number of aromatic nitrogens is 1. The van der Waals surface area contributed by atoms with Gasteiger partial charge in [0.25, 0.3) is 0 Å². The van der Waals surface area contributed by atoms with E-state index in [4.69, 9.17) is 11.6 Å². The molecule has 15 heavy (non-hydrogen) atoms. The average molecular weight is 247 g/mol. The molecule has 1 aromatic heterocycles. The zero-order valence-electron chi connectivity index (χ0n) is 9.13. The van der Waals surface area contributed by atoms with Crippen molar-refractivity contribution in [3.8, 4) is 0 Å². The van der Waals surface area contributed by atoms with Crippen molar-refractivity contribution in [1.82, 2.24) is 4.98 Å². The second kappa shape index (κ2) is 4.94. The molecule has 0 spiro atoms. The van der Waals surface area contributed by atoms with Crippen LogP contribution in [0, 0.1) is 5.41 Å². The Kier molecular flexibility index (Phi) is 4.11. The van der Waals surface area contributed by atoms with Crippen LogP contribution >= 0.6 is 22.9 Å². The van der Waals surface area contributed by atoms with Gasteiger partial charge in [-0.1, -0.05) is 20.8 Å². The molecular weight excluding hydrogens is 232 g/mol. The normalized spacial score (nSPS) is 11.5. The summed E-state index contributed by atoms with van der Waals surface area (Å²) in [6, 6.07) is 0. The molecule has 0 saturated carbocycles. The quantitative estimate of drug-likeness (QED) is 0.829. The van der Waals surface area contributed by atoms with Crippen molar-refractivity contribution in [1.29, 1.82) is 0 Å². The summed E-state index contributed by atoms with van der Waals surface area (Å²) in [5, 5.41) is 5.27. The van der Waals surface area contributed by atoms with Crippen molar-refractivity contribution in [2.75, 3.05) is 5.32 Å². The lowest BCUT2D eigenvalue weighted by Gasteiger charge is -2.20. The average Bonchev–Trinajstić information content (AvgIpc) is 2.65. The number of nitrogens with zero attached hydrogens (tertiary/aromatic N) is 1. The second-order valence-corrected chi connectivity index (χ2v) is 5.09. The Morgan fingerprint density at radius 2 is 2.33 bits per heavy atom. The Morgan fingerprint density at radius 3 is 2.80 bits per heavy atom. The summed E-state index contributed by atoms with van der Waals surface area (Å²) in [5.74, 6) is 0.379. The summed E-state index contributed by atoms with van der Waals surface area (Å²) in [4.78, 5) is 16.0. The van der Waals surface area contributed by atoms with Gasteiger partial charge in [0, 0.05) is 10.8 Å². The minimum atomic E-state index is -0.354. The van der Waals surface area contributed by atoms with E-state index in [0.29, 0.717) is 11.0 Å². The van der Waals surface area contributed by atoms with Gasteiger partial charge in [0.15, 0.2) is 5.13 Å². The summed E-state index contributed by atoms with van der Waals surface area (Å²) < 4.78 is 0. The fourth-order valence-electron chi connectivity index (χ4n) is 0.853. The molecule has 0 fully saturated rings. The van der Waals surface area contributed by atoms with Crippen LogP contribution < -0.4 is 5.32 Å². The van der Waals surface area contributed by atoms with E-state index in [9.17, 15) is 4.79 Å². The Bertz CT molecular complexity index is 349. The number of hydrogen-bond acceptors (Lipinski definition) is 3. The third kappa shape index (κ3) is 3.18. The number of amides is 1. The highest BCUT2D eigenvalue weighted by Gasteiger charge is 2.25. The van der Waals surface area contributed by atoms with Crippen molar-refractivity contribution in [3.63, 3.8) is 0 Å². The number of halogens is 1. The molecule has 1 aromatic rings. The zero-order chi connectivity index (χ0) is 11.5. The Morgan fingerprint density at radius 1 is 1.67 bits per heavy atom. The molecule has 0 aliphatic heterocycles. The van der Waals surface area contributed by atoms with E-state index >= 15 is 0 Å². The maximum Gasteiger partial charge on any atom is 0.231 e. The number of anilines is 1. The molecule has 0 unspecified atom stereocenters. The maximum atomic E-state index is 11.8. The van der Waals surface area contributed by atoms with Gasteiger partial charge in [-0.3, -0.25) is 4.79 Å². The highest BCUT2D eigenvalue weighted by atomic mass is 35.5. The van der Waals surface area contributed by atoms with Crippen molar-refractivity contribution in [2.45, 2.75) is 33.1 Å². The minimum absolute atomic E-state index is 0.000437. The highest BCUT2D eigenvalue weighted by molar-refractivity contribution is 7.14. The van der Waals surface area contributed by atoms with E-state index in [1.54, 1.807) is 0 Å². The predicted molar refractivity (Wildman–Crippen MR) is 64.4 cm³/mol. The first kappa shape index (κ1) is 12.5. The zero-order valence-corrected chi connectivity index (χ0v) is 10.7. The molecule has 3 nitrogen and oxygen atoms in total. The van der Waals surface area contributed by atoms with Crippen LogP contribution in [-0.4, -0.2) is 10.9 Å². The molecule has 1 amide bonds. The van der Waals surface area contributed by atoms with Crippen LogP contribution in [0.1, 0.15) is 32.9 Å². The Hall–Kier alpha value is -0.610. The van der Waals surface area contributed by atoms with E-state index in [0.717, 1.165) is 12.1 Å². The molecule has 1 rings (SSSR count). The monoisotopic (exact) mass is 246 g/mol. The molecule has 0 aliphatic carbocycles. The molecule has 84 valence electrons. The first-order chi connectivity index (χ1) is 6.99. The molecule has 1 heterocycles. The number of hydrogen-bond donors (Lipinski definition) is 1.